The summed E-state index contributed by atoms with van der Waals surface area (Å²) in [7, 11) is 0. The third-order valence-electron chi connectivity index (χ3n) is 7.91. The number of nitrogens with zero attached hydrogens (tertiary/aromatic N) is 4. The van der Waals surface area contributed by atoms with Gasteiger partial charge in [0.05, 0.1) is 34.9 Å². The minimum absolute atomic E-state index is 0.0181. The predicted octanol–water partition coefficient (Wildman–Crippen LogP) is 7.45. The Morgan fingerprint density at radius 3 is 2.44 bits per heavy atom. The molecule has 2 aliphatic heterocycles. The maximum absolute atomic E-state index is 9.88. The van der Waals surface area contributed by atoms with Crippen LogP contribution >= 0.6 is 23.2 Å². The smallest absolute Gasteiger partial charge is 0.103 e. The molecule has 0 saturated carbocycles. The second kappa shape index (κ2) is 12.4. The molecule has 0 radical (unpaired) electrons. The standard InChI is InChI=1S/C33H42Cl2N8/c1-32(2,3)20-38-29-22(17-36)18-37-31-26(29)15-24(16-27(31)35)39-30(21-7-9-23(34)10-8-21)28-19-43(41-40-28)25-11-13-42(14-12-25)33(4,5)6/h7-10,15-16,18-19,25,30,39-41H,11-14,20H2,1-6H3,(H,37,38)/i30D. The summed E-state index contributed by atoms with van der Waals surface area (Å²) in [6.45, 7) is 15.8. The van der Waals surface area contributed by atoms with Crippen LogP contribution in [0.1, 0.15) is 72.9 Å². The lowest BCUT2D eigenvalue weighted by Crippen LogP contribution is -2.52. The first-order valence-corrected chi connectivity index (χ1v) is 15.5. The topological polar surface area (TPSA) is 91.3 Å². The molecule has 3 aromatic rings. The Morgan fingerprint density at radius 2 is 1.81 bits per heavy atom. The van der Waals surface area contributed by atoms with Gasteiger partial charge >= 0.3 is 0 Å². The van der Waals surface area contributed by atoms with Crippen molar-refractivity contribution in [2.45, 2.75) is 72.0 Å². The molecule has 3 heterocycles. The molecule has 4 N–H and O–H groups in total. The summed E-state index contributed by atoms with van der Waals surface area (Å²) < 4.78 is 9.87. The van der Waals surface area contributed by atoms with E-state index < -0.39 is 6.02 Å². The lowest BCUT2D eigenvalue weighted by atomic mass is 9.96. The van der Waals surface area contributed by atoms with Crippen molar-refractivity contribution in [1.29, 1.82) is 5.26 Å². The minimum atomic E-state index is -1.44. The van der Waals surface area contributed by atoms with Gasteiger partial charge in [-0.05, 0) is 68.9 Å². The fourth-order valence-corrected chi connectivity index (χ4v) is 5.88. The molecule has 2 aliphatic rings. The van der Waals surface area contributed by atoms with E-state index in [0.29, 0.717) is 55.7 Å². The average molecular weight is 623 g/mol. The molecule has 1 aromatic heterocycles. The molecule has 0 spiro atoms. The predicted molar refractivity (Wildman–Crippen MR) is 178 cm³/mol. The molecule has 2 aromatic carbocycles. The largest absolute Gasteiger partial charge is 0.383 e. The second-order valence-electron chi connectivity index (χ2n) is 13.5. The number of nitrogens with one attached hydrogen (secondary N) is 4. The third-order valence-corrected chi connectivity index (χ3v) is 8.45. The highest BCUT2D eigenvalue weighted by Crippen LogP contribution is 2.37. The van der Waals surface area contributed by atoms with Crippen molar-refractivity contribution in [3.8, 4) is 6.07 Å². The van der Waals surface area contributed by atoms with E-state index in [2.05, 4.69) is 84.1 Å². The third kappa shape index (κ3) is 7.30. The van der Waals surface area contributed by atoms with E-state index in [1.54, 1.807) is 24.4 Å². The molecule has 10 heteroatoms. The number of fused-ring (bicyclic) bond motifs is 1. The normalized spacial score (nSPS) is 18.4. The van der Waals surface area contributed by atoms with Gasteiger partial charge in [-0.1, -0.05) is 56.1 Å². The van der Waals surface area contributed by atoms with E-state index in [1.807, 2.05) is 24.4 Å². The van der Waals surface area contributed by atoms with E-state index in [9.17, 15) is 6.63 Å². The highest BCUT2D eigenvalue weighted by molar-refractivity contribution is 6.36. The molecular weight excluding hydrogens is 579 g/mol. The zero-order valence-corrected chi connectivity index (χ0v) is 27.3. The van der Waals surface area contributed by atoms with Gasteiger partial charge < -0.3 is 16.1 Å². The quantitative estimate of drug-likeness (QED) is 0.216. The number of pyridine rings is 1. The van der Waals surface area contributed by atoms with Crippen molar-refractivity contribution in [2.75, 3.05) is 30.3 Å². The van der Waals surface area contributed by atoms with Crippen LogP contribution in [0.5, 0.6) is 0 Å². The lowest BCUT2D eigenvalue weighted by Gasteiger charge is -2.42. The average Bonchev–Trinajstić information content (AvgIpc) is 3.46. The summed E-state index contributed by atoms with van der Waals surface area (Å²) in [5, 5.41) is 20.6. The zero-order chi connectivity index (χ0) is 31.9. The fraction of sp³-hybridized carbons (Fsp3) is 0.455. The van der Waals surface area contributed by atoms with Crippen LogP contribution in [-0.2, 0) is 0 Å². The van der Waals surface area contributed by atoms with Crippen molar-refractivity contribution in [2.24, 2.45) is 5.41 Å². The van der Waals surface area contributed by atoms with Crippen LogP contribution in [0.4, 0.5) is 11.4 Å². The van der Waals surface area contributed by atoms with E-state index in [1.165, 1.54) is 0 Å². The molecule has 0 bridgehead atoms. The van der Waals surface area contributed by atoms with Gasteiger partial charge in [-0.2, -0.15) is 5.26 Å². The van der Waals surface area contributed by atoms with Gasteiger partial charge in [0.1, 0.15) is 6.07 Å². The summed E-state index contributed by atoms with van der Waals surface area (Å²) >= 11 is 13.0. The van der Waals surface area contributed by atoms with Crippen LogP contribution in [0.25, 0.3) is 10.9 Å². The number of likely N-dealkylation sites (tertiary alicyclic amines) is 1. The Balaban J connectivity index is 1.51. The van der Waals surface area contributed by atoms with Crippen LogP contribution in [0.2, 0.25) is 10.0 Å². The first-order chi connectivity index (χ1) is 20.7. The molecular formula is C33H42Cl2N8. The molecule has 0 aliphatic carbocycles. The molecule has 1 fully saturated rings. The number of nitriles is 1. The summed E-state index contributed by atoms with van der Waals surface area (Å²) in [5.74, 6) is 0. The van der Waals surface area contributed by atoms with Gasteiger partial charge in [0.15, 0.2) is 0 Å². The Labute approximate surface area is 266 Å². The van der Waals surface area contributed by atoms with Crippen LogP contribution in [0.3, 0.4) is 0 Å². The SMILES string of the molecule is [2H]C(Nc1cc(Cl)c2ncc(C#N)c(NCC(C)(C)C)c2c1)(C1=CN(C2CCN(C(C)(C)C)CC2)NN1)c1ccc(Cl)cc1. The van der Waals surface area contributed by atoms with Gasteiger partial charge in [-0.3, -0.25) is 14.9 Å². The number of anilines is 2. The molecule has 1 atom stereocenters. The van der Waals surface area contributed by atoms with E-state index in [0.717, 1.165) is 25.9 Å². The fourth-order valence-electron chi connectivity index (χ4n) is 5.48. The number of hydrazine groups is 2. The van der Waals surface area contributed by atoms with Crippen molar-refractivity contribution in [3.05, 3.63) is 75.7 Å². The molecule has 8 nitrogen and oxygen atoms in total. The molecule has 228 valence electrons. The summed E-state index contributed by atoms with van der Waals surface area (Å²) in [5.41, 5.74) is 10.3. The zero-order valence-electron chi connectivity index (χ0n) is 26.8. The molecule has 1 unspecified atom stereocenters. The summed E-state index contributed by atoms with van der Waals surface area (Å²) in [4.78, 5) is 7.01. The van der Waals surface area contributed by atoms with Gasteiger partial charge in [0.2, 0.25) is 0 Å². The molecule has 0 amide bonds. The van der Waals surface area contributed by atoms with Crippen LogP contribution < -0.4 is 21.6 Å². The van der Waals surface area contributed by atoms with Crippen LogP contribution in [0.15, 0.2) is 54.5 Å². The first-order valence-electron chi connectivity index (χ1n) is 15.3. The van der Waals surface area contributed by atoms with Crippen molar-refractivity contribution < 1.29 is 1.37 Å². The lowest BCUT2D eigenvalue weighted by molar-refractivity contribution is 0.0570. The molecule has 43 heavy (non-hydrogen) atoms. The highest BCUT2D eigenvalue weighted by atomic mass is 35.5. The number of aromatic nitrogens is 1. The van der Waals surface area contributed by atoms with Gasteiger partial charge in [0, 0.05) is 59.7 Å². The van der Waals surface area contributed by atoms with Crippen LogP contribution in [-0.4, -0.2) is 46.1 Å². The van der Waals surface area contributed by atoms with Gasteiger partial charge in [0.25, 0.3) is 0 Å². The number of rotatable bonds is 7. The van der Waals surface area contributed by atoms with Gasteiger partial charge in [-0.15, -0.1) is 5.53 Å². The van der Waals surface area contributed by atoms with Crippen molar-refractivity contribution in [3.63, 3.8) is 0 Å². The van der Waals surface area contributed by atoms with Gasteiger partial charge in [-0.25, -0.2) is 0 Å². The molecule has 5 rings (SSSR count). The maximum Gasteiger partial charge on any atom is 0.103 e. The number of piperidine rings is 1. The van der Waals surface area contributed by atoms with Crippen molar-refractivity contribution in [1.82, 2.24) is 25.9 Å². The minimum Gasteiger partial charge on any atom is -0.383 e. The number of benzene rings is 2. The summed E-state index contributed by atoms with van der Waals surface area (Å²) in [6, 6.07) is 12.1. The Hall–Kier alpha value is -3.22. The number of hydrogen-bond donors (Lipinski definition) is 4. The Morgan fingerprint density at radius 1 is 1.12 bits per heavy atom. The van der Waals surface area contributed by atoms with E-state index >= 15 is 0 Å². The number of hydrogen-bond acceptors (Lipinski definition) is 8. The number of halogens is 2. The maximum atomic E-state index is 9.88. The summed E-state index contributed by atoms with van der Waals surface area (Å²) in [6.07, 6.45) is 5.55. The van der Waals surface area contributed by atoms with E-state index in [-0.39, 0.29) is 17.0 Å². The first kappa shape index (κ1) is 29.8. The second-order valence-corrected chi connectivity index (χ2v) is 14.4. The van der Waals surface area contributed by atoms with E-state index in [4.69, 9.17) is 23.2 Å². The molecule has 1 saturated heterocycles. The van der Waals surface area contributed by atoms with Crippen LogP contribution in [0, 0.1) is 16.7 Å². The Bertz CT molecular complexity index is 1580. The Kier molecular flexibility index (Phi) is 8.61. The highest BCUT2D eigenvalue weighted by Gasteiger charge is 2.32. The van der Waals surface area contributed by atoms with Crippen molar-refractivity contribution >= 4 is 45.5 Å². The monoisotopic (exact) mass is 621 g/mol.